The van der Waals surface area contributed by atoms with Crippen molar-refractivity contribution in [1.82, 2.24) is 25.3 Å². The van der Waals surface area contributed by atoms with E-state index in [2.05, 4.69) is 20.6 Å². The Morgan fingerprint density at radius 2 is 2.26 bits per heavy atom. The van der Waals surface area contributed by atoms with Gasteiger partial charge in [-0.2, -0.15) is 5.10 Å². The van der Waals surface area contributed by atoms with Gasteiger partial charge in [0.05, 0.1) is 12.7 Å². The van der Waals surface area contributed by atoms with E-state index in [1.165, 1.54) is 19.3 Å². The van der Waals surface area contributed by atoms with Crippen LogP contribution in [-0.2, 0) is 12.6 Å². The van der Waals surface area contributed by atoms with E-state index in [0.29, 0.717) is 11.6 Å². The molecule has 7 nitrogen and oxygen atoms in total. The van der Waals surface area contributed by atoms with Gasteiger partial charge < -0.3 is 15.7 Å². The lowest BCUT2D eigenvalue weighted by Gasteiger charge is -2.32. The van der Waals surface area contributed by atoms with Crippen molar-refractivity contribution in [3.63, 3.8) is 0 Å². The van der Waals surface area contributed by atoms with Gasteiger partial charge in [0.2, 0.25) is 0 Å². The average Bonchev–Trinajstić information content (AvgIpc) is 3.13. The standard InChI is InChI=1S/C16H27N5O2/c1-16(23,12-9-18-20(2)10-12)11-17-15(22)19-13-6-8-21-7-4-3-5-14(13)21/h9-10,13-14,23H,3-8,11H2,1-2H3,(H2,17,19,22). The van der Waals surface area contributed by atoms with Gasteiger partial charge in [0.15, 0.2) is 0 Å². The molecule has 2 aliphatic rings. The summed E-state index contributed by atoms with van der Waals surface area (Å²) in [6.07, 6.45) is 8.07. The molecule has 2 amide bonds. The van der Waals surface area contributed by atoms with Crippen LogP contribution < -0.4 is 10.6 Å². The zero-order chi connectivity index (χ0) is 16.4. The third kappa shape index (κ3) is 3.67. The predicted octanol–water partition coefficient (Wildman–Crippen LogP) is 0.554. The smallest absolute Gasteiger partial charge is 0.315 e. The molecule has 0 aromatic carbocycles. The molecule has 1 aromatic rings. The minimum Gasteiger partial charge on any atom is -0.383 e. The molecule has 2 saturated heterocycles. The maximum Gasteiger partial charge on any atom is 0.315 e. The summed E-state index contributed by atoms with van der Waals surface area (Å²) in [5, 5.41) is 20.4. The second-order valence-corrected chi connectivity index (χ2v) is 7.00. The van der Waals surface area contributed by atoms with Crippen molar-refractivity contribution >= 4 is 6.03 Å². The highest BCUT2D eigenvalue weighted by Gasteiger charge is 2.36. The van der Waals surface area contributed by atoms with Crippen LogP contribution in [0.3, 0.4) is 0 Å². The maximum absolute atomic E-state index is 12.2. The molecule has 3 atom stereocenters. The lowest BCUT2D eigenvalue weighted by Crippen LogP contribution is -2.51. The van der Waals surface area contributed by atoms with E-state index in [-0.39, 0.29) is 18.6 Å². The Bertz CT molecular complexity index is 556. The summed E-state index contributed by atoms with van der Waals surface area (Å²) >= 11 is 0. The highest BCUT2D eigenvalue weighted by Crippen LogP contribution is 2.27. The topological polar surface area (TPSA) is 82.4 Å². The first-order valence-corrected chi connectivity index (χ1v) is 8.45. The van der Waals surface area contributed by atoms with Gasteiger partial charge in [-0.3, -0.25) is 9.58 Å². The molecule has 7 heteroatoms. The van der Waals surface area contributed by atoms with Crippen molar-refractivity contribution in [2.24, 2.45) is 7.05 Å². The van der Waals surface area contributed by atoms with Crippen molar-refractivity contribution in [1.29, 1.82) is 0 Å². The number of rotatable bonds is 4. The molecule has 3 N–H and O–H groups in total. The number of hydrogen-bond donors (Lipinski definition) is 3. The first-order valence-electron chi connectivity index (χ1n) is 8.45. The van der Waals surface area contributed by atoms with Gasteiger partial charge in [-0.25, -0.2) is 4.79 Å². The van der Waals surface area contributed by atoms with Crippen LogP contribution in [0.4, 0.5) is 4.79 Å². The van der Waals surface area contributed by atoms with E-state index in [1.807, 2.05) is 0 Å². The van der Waals surface area contributed by atoms with Crippen LogP contribution in [0.1, 0.15) is 38.2 Å². The Balaban J connectivity index is 1.50. The lowest BCUT2D eigenvalue weighted by molar-refractivity contribution is 0.0590. The minimum atomic E-state index is -1.13. The highest BCUT2D eigenvalue weighted by atomic mass is 16.3. The summed E-state index contributed by atoms with van der Waals surface area (Å²) in [6, 6.07) is 0.499. The summed E-state index contributed by atoms with van der Waals surface area (Å²) in [5.74, 6) is 0. The molecule has 3 unspecified atom stereocenters. The molecule has 23 heavy (non-hydrogen) atoms. The summed E-state index contributed by atoms with van der Waals surface area (Å²) in [5.41, 5.74) is -0.433. The fourth-order valence-corrected chi connectivity index (χ4v) is 3.69. The van der Waals surface area contributed by atoms with Gasteiger partial charge in [-0.15, -0.1) is 0 Å². The fraction of sp³-hybridized carbons (Fsp3) is 0.750. The van der Waals surface area contributed by atoms with Crippen LogP contribution in [0.5, 0.6) is 0 Å². The average molecular weight is 321 g/mol. The fourth-order valence-electron chi connectivity index (χ4n) is 3.69. The number of urea groups is 1. The van der Waals surface area contributed by atoms with E-state index in [1.54, 1.807) is 31.0 Å². The molecule has 0 bridgehead atoms. The van der Waals surface area contributed by atoms with Gasteiger partial charge in [-0.05, 0) is 32.7 Å². The van der Waals surface area contributed by atoms with E-state index in [9.17, 15) is 9.90 Å². The first kappa shape index (κ1) is 16.3. The van der Waals surface area contributed by atoms with Crippen LogP contribution >= 0.6 is 0 Å². The second-order valence-electron chi connectivity index (χ2n) is 7.00. The predicted molar refractivity (Wildman–Crippen MR) is 86.9 cm³/mol. The van der Waals surface area contributed by atoms with E-state index in [4.69, 9.17) is 0 Å². The Hall–Kier alpha value is -1.60. The van der Waals surface area contributed by atoms with Crippen LogP contribution in [0, 0.1) is 0 Å². The Kier molecular flexibility index (Phi) is 4.59. The molecular formula is C16H27N5O2. The van der Waals surface area contributed by atoms with Crippen molar-refractivity contribution in [3.05, 3.63) is 18.0 Å². The van der Waals surface area contributed by atoms with Crippen LogP contribution in [0.2, 0.25) is 0 Å². The summed E-state index contributed by atoms with van der Waals surface area (Å²) in [7, 11) is 1.80. The molecule has 2 fully saturated rings. The number of amides is 2. The molecule has 2 aliphatic heterocycles. The van der Waals surface area contributed by atoms with Crippen molar-refractivity contribution in [3.8, 4) is 0 Å². The number of nitrogens with one attached hydrogen (secondary N) is 2. The van der Waals surface area contributed by atoms with E-state index in [0.717, 1.165) is 19.5 Å². The minimum absolute atomic E-state index is 0.158. The maximum atomic E-state index is 12.2. The number of nitrogens with zero attached hydrogens (tertiary/aromatic N) is 3. The molecule has 0 aliphatic carbocycles. The first-order chi connectivity index (χ1) is 11.0. The molecule has 0 spiro atoms. The zero-order valence-corrected chi connectivity index (χ0v) is 14.0. The third-order valence-electron chi connectivity index (χ3n) is 5.09. The largest absolute Gasteiger partial charge is 0.383 e. The van der Waals surface area contributed by atoms with Gasteiger partial charge in [-0.1, -0.05) is 6.42 Å². The van der Waals surface area contributed by atoms with E-state index < -0.39 is 5.60 Å². The van der Waals surface area contributed by atoms with Crippen molar-refractivity contribution in [2.75, 3.05) is 19.6 Å². The Morgan fingerprint density at radius 1 is 1.43 bits per heavy atom. The molecule has 3 heterocycles. The number of aromatic nitrogens is 2. The number of aryl methyl sites for hydroxylation is 1. The van der Waals surface area contributed by atoms with Crippen molar-refractivity contribution < 1.29 is 9.90 Å². The molecule has 3 rings (SSSR count). The summed E-state index contributed by atoms with van der Waals surface area (Å²) < 4.78 is 1.64. The third-order valence-corrected chi connectivity index (χ3v) is 5.09. The number of carbonyl (C=O) groups is 1. The zero-order valence-electron chi connectivity index (χ0n) is 14.0. The summed E-state index contributed by atoms with van der Waals surface area (Å²) in [6.45, 7) is 4.07. The monoisotopic (exact) mass is 321 g/mol. The molecule has 128 valence electrons. The quantitative estimate of drug-likeness (QED) is 0.756. The van der Waals surface area contributed by atoms with Gasteiger partial charge >= 0.3 is 6.03 Å². The van der Waals surface area contributed by atoms with Gasteiger partial charge in [0, 0.05) is 37.4 Å². The number of carbonyl (C=O) groups excluding carboxylic acids is 1. The SMILES string of the molecule is Cn1cc(C(C)(O)CNC(=O)NC2CCN3CCCCC23)cn1. The molecule has 0 radical (unpaired) electrons. The Labute approximate surface area is 137 Å². The lowest BCUT2D eigenvalue weighted by atomic mass is 9.99. The van der Waals surface area contributed by atoms with E-state index >= 15 is 0 Å². The normalized spacial score (nSPS) is 27.3. The molecule has 1 aromatic heterocycles. The van der Waals surface area contributed by atoms with Gasteiger partial charge in [0.25, 0.3) is 0 Å². The molecule has 0 saturated carbocycles. The molecular weight excluding hydrogens is 294 g/mol. The highest BCUT2D eigenvalue weighted by molar-refractivity contribution is 5.74. The van der Waals surface area contributed by atoms with Crippen molar-refractivity contribution in [2.45, 2.75) is 50.3 Å². The van der Waals surface area contributed by atoms with Crippen LogP contribution in [0.25, 0.3) is 0 Å². The van der Waals surface area contributed by atoms with Crippen LogP contribution in [-0.4, -0.2) is 57.5 Å². The summed E-state index contributed by atoms with van der Waals surface area (Å²) in [4.78, 5) is 14.7. The number of piperidine rings is 1. The number of fused-ring (bicyclic) bond motifs is 1. The number of hydrogen-bond acceptors (Lipinski definition) is 4. The Morgan fingerprint density at radius 3 is 3.00 bits per heavy atom. The van der Waals surface area contributed by atoms with Crippen LogP contribution in [0.15, 0.2) is 12.4 Å². The number of aliphatic hydroxyl groups is 1. The van der Waals surface area contributed by atoms with Gasteiger partial charge in [0.1, 0.15) is 5.60 Å². The second kappa shape index (κ2) is 6.49.